The summed E-state index contributed by atoms with van der Waals surface area (Å²) in [6, 6.07) is 10.1. The fourth-order valence-corrected chi connectivity index (χ4v) is 4.29. The summed E-state index contributed by atoms with van der Waals surface area (Å²) < 4.78 is 36.3. The van der Waals surface area contributed by atoms with Crippen molar-refractivity contribution in [3.63, 3.8) is 0 Å². The van der Waals surface area contributed by atoms with Gasteiger partial charge in [-0.15, -0.1) is 0 Å². The summed E-state index contributed by atoms with van der Waals surface area (Å²) in [5, 5.41) is 5.31. The summed E-state index contributed by atoms with van der Waals surface area (Å²) in [4.78, 5) is 4.41. The molecular formula is C18H16ClN3O4S. The fourth-order valence-electron chi connectivity index (χ4n) is 3.13. The molecule has 3 aromatic rings. The molecule has 7 nitrogen and oxygen atoms in total. The SMILES string of the molecule is COc1ccc2nc(Cl)c([C@@H]3CC(c4ccco4)=NN3S(C)(=O)=O)cc2c1. The lowest BCUT2D eigenvalue weighted by Gasteiger charge is -2.22. The van der Waals surface area contributed by atoms with E-state index in [9.17, 15) is 8.42 Å². The van der Waals surface area contributed by atoms with Crippen LogP contribution in [0.15, 0.2) is 52.2 Å². The molecule has 4 rings (SSSR count). The molecule has 0 fully saturated rings. The van der Waals surface area contributed by atoms with Gasteiger partial charge in [-0.25, -0.2) is 13.4 Å². The van der Waals surface area contributed by atoms with Gasteiger partial charge in [-0.1, -0.05) is 11.6 Å². The molecule has 1 aromatic carbocycles. The van der Waals surface area contributed by atoms with E-state index in [1.807, 2.05) is 12.1 Å². The molecule has 9 heteroatoms. The average Bonchev–Trinajstić information content (AvgIpc) is 3.29. The summed E-state index contributed by atoms with van der Waals surface area (Å²) in [6.45, 7) is 0. The minimum absolute atomic E-state index is 0.238. The number of nitrogens with zero attached hydrogens (tertiary/aromatic N) is 3. The smallest absolute Gasteiger partial charge is 0.247 e. The van der Waals surface area contributed by atoms with Crippen LogP contribution in [0.5, 0.6) is 5.75 Å². The van der Waals surface area contributed by atoms with E-state index >= 15 is 0 Å². The number of ether oxygens (including phenoxy) is 1. The van der Waals surface area contributed by atoms with Crippen molar-refractivity contribution >= 4 is 38.2 Å². The van der Waals surface area contributed by atoms with Crippen LogP contribution in [0.2, 0.25) is 5.15 Å². The first-order valence-corrected chi connectivity index (χ1v) is 10.3. The Balaban J connectivity index is 1.82. The molecule has 2 aromatic heterocycles. The van der Waals surface area contributed by atoms with E-state index in [0.29, 0.717) is 34.7 Å². The predicted octanol–water partition coefficient (Wildman–Crippen LogP) is 3.60. The van der Waals surface area contributed by atoms with Gasteiger partial charge in [0.05, 0.1) is 31.2 Å². The quantitative estimate of drug-likeness (QED) is 0.619. The maximum Gasteiger partial charge on any atom is 0.247 e. The molecule has 0 radical (unpaired) electrons. The Hall–Kier alpha value is -2.58. The summed E-state index contributed by atoms with van der Waals surface area (Å²) in [5.41, 5.74) is 1.81. The first-order chi connectivity index (χ1) is 12.9. The molecule has 0 saturated carbocycles. The molecule has 0 N–H and O–H groups in total. The first kappa shape index (κ1) is 17.8. The van der Waals surface area contributed by atoms with E-state index < -0.39 is 16.1 Å². The molecule has 0 amide bonds. The average molecular weight is 406 g/mol. The molecular weight excluding hydrogens is 390 g/mol. The minimum Gasteiger partial charge on any atom is -0.497 e. The van der Waals surface area contributed by atoms with Crippen LogP contribution >= 0.6 is 11.6 Å². The van der Waals surface area contributed by atoms with Crippen LogP contribution in [0.3, 0.4) is 0 Å². The van der Waals surface area contributed by atoms with Crippen molar-refractivity contribution in [1.29, 1.82) is 0 Å². The summed E-state index contributed by atoms with van der Waals surface area (Å²) >= 11 is 6.41. The number of rotatable bonds is 4. The van der Waals surface area contributed by atoms with Gasteiger partial charge in [0.15, 0.2) is 0 Å². The van der Waals surface area contributed by atoms with Gasteiger partial charge in [0, 0.05) is 17.4 Å². The van der Waals surface area contributed by atoms with Gasteiger partial charge in [-0.2, -0.15) is 9.52 Å². The van der Waals surface area contributed by atoms with E-state index in [0.717, 1.165) is 16.1 Å². The third-order valence-corrected chi connectivity index (χ3v) is 5.70. The number of hydrogen-bond donors (Lipinski definition) is 0. The highest BCUT2D eigenvalue weighted by atomic mass is 35.5. The van der Waals surface area contributed by atoms with Crippen LogP contribution in [-0.2, 0) is 10.0 Å². The summed E-state index contributed by atoms with van der Waals surface area (Å²) in [7, 11) is -2.03. The first-order valence-electron chi connectivity index (χ1n) is 8.12. The third kappa shape index (κ3) is 3.26. The Morgan fingerprint density at radius 3 is 2.78 bits per heavy atom. The molecule has 0 bridgehead atoms. The van der Waals surface area contributed by atoms with Crippen molar-refractivity contribution in [2.75, 3.05) is 13.4 Å². The summed E-state index contributed by atoms with van der Waals surface area (Å²) in [6.07, 6.45) is 2.96. The van der Waals surface area contributed by atoms with E-state index in [1.165, 1.54) is 6.26 Å². The Morgan fingerprint density at radius 1 is 1.30 bits per heavy atom. The van der Waals surface area contributed by atoms with Crippen LogP contribution in [0.25, 0.3) is 10.9 Å². The lowest BCUT2D eigenvalue weighted by Crippen LogP contribution is -2.26. The Morgan fingerprint density at radius 2 is 2.11 bits per heavy atom. The van der Waals surface area contributed by atoms with Crippen LogP contribution in [0, 0.1) is 0 Å². The second-order valence-corrected chi connectivity index (χ2v) is 8.40. The van der Waals surface area contributed by atoms with E-state index in [-0.39, 0.29) is 5.15 Å². The van der Waals surface area contributed by atoms with E-state index in [4.69, 9.17) is 20.8 Å². The number of hydrogen-bond acceptors (Lipinski definition) is 6. The van der Waals surface area contributed by atoms with Gasteiger partial charge >= 0.3 is 0 Å². The Kier molecular flexibility index (Phi) is 4.32. The number of furan rings is 1. The number of pyridine rings is 1. The highest BCUT2D eigenvalue weighted by Crippen LogP contribution is 2.38. The van der Waals surface area contributed by atoms with Gasteiger partial charge in [-0.05, 0) is 36.4 Å². The van der Waals surface area contributed by atoms with Crippen molar-refractivity contribution < 1.29 is 17.6 Å². The standard InChI is InChI=1S/C18H16ClN3O4S/c1-25-12-5-6-14-11(8-12)9-13(18(19)20-14)16-10-15(17-4-3-7-26-17)21-22(16)27(2,23)24/h3-9,16H,10H2,1-2H3/t16-/m0/s1. The number of sulfonamides is 1. The second-order valence-electron chi connectivity index (χ2n) is 6.21. The fraction of sp³-hybridized carbons (Fsp3) is 0.222. The second kappa shape index (κ2) is 6.54. The minimum atomic E-state index is -3.61. The van der Waals surface area contributed by atoms with E-state index in [1.54, 1.807) is 31.4 Å². The van der Waals surface area contributed by atoms with Crippen LogP contribution < -0.4 is 4.74 Å². The molecule has 1 atom stereocenters. The third-order valence-electron chi connectivity index (χ3n) is 4.38. The van der Waals surface area contributed by atoms with Crippen molar-refractivity contribution in [1.82, 2.24) is 9.40 Å². The molecule has 1 aliphatic heterocycles. The number of hydrazone groups is 1. The van der Waals surface area contributed by atoms with Gasteiger partial charge in [0.1, 0.15) is 22.4 Å². The number of benzene rings is 1. The number of aromatic nitrogens is 1. The topological polar surface area (TPSA) is 85.0 Å². The Labute approximate surface area is 161 Å². The number of halogens is 1. The molecule has 27 heavy (non-hydrogen) atoms. The van der Waals surface area contributed by atoms with Crippen LogP contribution in [0.1, 0.15) is 23.8 Å². The molecule has 0 saturated heterocycles. The van der Waals surface area contributed by atoms with Gasteiger partial charge in [0.2, 0.25) is 10.0 Å². The molecule has 0 spiro atoms. The molecule has 140 valence electrons. The van der Waals surface area contributed by atoms with Gasteiger partial charge < -0.3 is 9.15 Å². The number of methoxy groups -OCH3 is 1. The maximum atomic E-state index is 12.3. The van der Waals surface area contributed by atoms with Crippen molar-refractivity contribution in [2.24, 2.45) is 5.10 Å². The largest absolute Gasteiger partial charge is 0.497 e. The summed E-state index contributed by atoms with van der Waals surface area (Å²) in [5.74, 6) is 1.20. The Bertz CT molecular complexity index is 1140. The van der Waals surface area contributed by atoms with Gasteiger partial charge in [-0.3, -0.25) is 0 Å². The molecule has 0 unspecified atom stereocenters. The van der Waals surface area contributed by atoms with Crippen LogP contribution in [-0.4, -0.2) is 36.9 Å². The molecule has 0 aliphatic carbocycles. The maximum absolute atomic E-state index is 12.3. The van der Waals surface area contributed by atoms with Crippen molar-refractivity contribution in [2.45, 2.75) is 12.5 Å². The number of fused-ring (bicyclic) bond motifs is 1. The van der Waals surface area contributed by atoms with Crippen molar-refractivity contribution in [3.05, 3.63) is 59.1 Å². The van der Waals surface area contributed by atoms with Crippen molar-refractivity contribution in [3.8, 4) is 5.75 Å². The van der Waals surface area contributed by atoms with Crippen LogP contribution in [0.4, 0.5) is 0 Å². The lowest BCUT2D eigenvalue weighted by atomic mass is 10.0. The lowest BCUT2D eigenvalue weighted by molar-refractivity contribution is 0.374. The zero-order valence-corrected chi connectivity index (χ0v) is 16.2. The zero-order valence-electron chi connectivity index (χ0n) is 14.6. The normalized spacial score (nSPS) is 17.4. The molecule has 3 heterocycles. The predicted molar refractivity (Wildman–Crippen MR) is 103 cm³/mol. The highest BCUT2D eigenvalue weighted by molar-refractivity contribution is 7.88. The monoisotopic (exact) mass is 405 g/mol. The zero-order chi connectivity index (χ0) is 19.2. The van der Waals surface area contributed by atoms with Gasteiger partial charge in [0.25, 0.3) is 0 Å². The highest BCUT2D eigenvalue weighted by Gasteiger charge is 2.37. The van der Waals surface area contributed by atoms with E-state index in [2.05, 4.69) is 10.1 Å². The molecule has 1 aliphatic rings.